The quantitative estimate of drug-likeness (QED) is 0.623. The Balaban J connectivity index is 2.46. The minimum Gasteiger partial charge on any atom is -0.286 e. The van der Waals surface area contributed by atoms with E-state index in [-0.39, 0.29) is 0 Å². The minimum atomic E-state index is -0.481. The van der Waals surface area contributed by atoms with Gasteiger partial charge in [0.25, 0.3) is 0 Å². The predicted molar refractivity (Wildman–Crippen MR) is 60.1 cm³/mol. The minimum absolute atomic E-state index is 0.422. The molecule has 0 radical (unpaired) electrons. The summed E-state index contributed by atoms with van der Waals surface area (Å²) in [5.41, 5.74) is 0.994. The third kappa shape index (κ3) is 1.11. The molecule has 0 amide bonds. The van der Waals surface area contributed by atoms with Crippen molar-refractivity contribution in [3.8, 4) is 0 Å². The number of carbonyl (C=O) groups excluding carboxylic acids is 2. The number of hydrogen-bond acceptors (Lipinski definition) is 3. The zero-order chi connectivity index (χ0) is 11.1. The van der Waals surface area contributed by atoms with Crippen LogP contribution in [-0.2, 0) is 4.79 Å². The van der Waals surface area contributed by atoms with Crippen molar-refractivity contribution >= 4 is 28.4 Å². The molecular formula is C13H7NO2. The first-order chi connectivity index (χ1) is 7.77. The van der Waals surface area contributed by atoms with Gasteiger partial charge in [0.2, 0.25) is 11.6 Å². The molecule has 1 aromatic carbocycles. The normalized spacial score (nSPS) is 14.2. The van der Waals surface area contributed by atoms with Gasteiger partial charge in [0, 0.05) is 11.6 Å². The van der Waals surface area contributed by atoms with Gasteiger partial charge in [-0.3, -0.25) is 14.6 Å². The van der Waals surface area contributed by atoms with E-state index in [4.69, 9.17) is 0 Å². The number of ketones is 2. The first-order valence-electron chi connectivity index (χ1n) is 4.92. The molecule has 0 aliphatic heterocycles. The van der Waals surface area contributed by atoms with Crippen LogP contribution in [0.25, 0.3) is 16.8 Å². The van der Waals surface area contributed by atoms with E-state index in [0.717, 1.165) is 10.8 Å². The van der Waals surface area contributed by atoms with Gasteiger partial charge in [-0.15, -0.1) is 0 Å². The zero-order valence-electron chi connectivity index (χ0n) is 8.31. The first-order valence-corrected chi connectivity index (χ1v) is 4.92. The van der Waals surface area contributed by atoms with Gasteiger partial charge >= 0.3 is 0 Å². The molecule has 0 bridgehead atoms. The molecule has 1 heterocycles. The number of nitrogens with zero attached hydrogens (tertiary/aromatic N) is 1. The molecule has 3 heteroatoms. The smallest absolute Gasteiger partial charge is 0.235 e. The molecule has 0 atom stereocenters. The summed E-state index contributed by atoms with van der Waals surface area (Å²) in [6.07, 6.45) is 4.57. The average Bonchev–Trinajstić information content (AvgIpc) is 2.33. The van der Waals surface area contributed by atoms with Crippen LogP contribution in [0.4, 0.5) is 0 Å². The Morgan fingerprint density at radius 2 is 1.81 bits per heavy atom. The van der Waals surface area contributed by atoms with Gasteiger partial charge in [-0.25, -0.2) is 0 Å². The van der Waals surface area contributed by atoms with Crippen LogP contribution in [0.3, 0.4) is 0 Å². The highest BCUT2D eigenvalue weighted by Gasteiger charge is 2.23. The molecule has 1 aliphatic rings. The highest BCUT2D eigenvalue weighted by Crippen LogP contribution is 2.24. The summed E-state index contributed by atoms with van der Waals surface area (Å²) in [6.45, 7) is 0. The third-order valence-corrected chi connectivity index (χ3v) is 2.67. The topological polar surface area (TPSA) is 47.0 Å². The number of benzene rings is 1. The lowest BCUT2D eigenvalue weighted by molar-refractivity contribution is -0.110. The van der Waals surface area contributed by atoms with E-state index in [1.165, 1.54) is 6.08 Å². The summed E-state index contributed by atoms with van der Waals surface area (Å²) >= 11 is 0. The Morgan fingerprint density at radius 1 is 1.00 bits per heavy atom. The molecule has 0 spiro atoms. The maximum absolute atomic E-state index is 11.8. The molecule has 1 aromatic heterocycles. The van der Waals surface area contributed by atoms with Crippen LogP contribution < -0.4 is 0 Å². The number of allylic oxidation sites excluding steroid dienone is 1. The molecule has 1 aliphatic carbocycles. The monoisotopic (exact) mass is 209 g/mol. The van der Waals surface area contributed by atoms with Crippen molar-refractivity contribution in [1.29, 1.82) is 0 Å². The van der Waals surface area contributed by atoms with Crippen LogP contribution in [0.2, 0.25) is 0 Å². The van der Waals surface area contributed by atoms with Crippen molar-refractivity contribution in [2.45, 2.75) is 0 Å². The number of fused-ring (bicyclic) bond motifs is 3. The lowest BCUT2D eigenvalue weighted by atomic mass is 9.94. The van der Waals surface area contributed by atoms with Crippen molar-refractivity contribution in [3.05, 3.63) is 47.8 Å². The maximum Gasteiger partial charge on any atom is 0.235 e. The van der Waals surface area contributed by atoms with Crippen molar-refractivity contribution in [2.75, 3.05) is 0 Å². The standard InChI is InChI=1S/C13H7NO2/c15-11-6-5-10-12(13(11)16)9-4-2-1-3-8(9)7-14-10/h1-7H. The molecule has 0 saturated heterocycles. The van der Waals surface area contributed by atoms with E-state index in [1.54, 1.807) is 12.3 Å². The van der Waals surface area contributed by atoms with E-state index in [9.17, 15) is 9.59 Å². The Bertz CT molecular complexity index is 656. The molecular weight excluding hydrogens is 202 g/mol. The van der Waals surface area contributed by atoms with Gasteiger partial charge in [-0.2, -0.15) is 0 Å². The number of rotatable bonds is 0. The van der Waals surface area contributed by atoms with E-state index < -0.39 is 11.6 Å². The van der Waals surface area contributed by atoms with Gasteiger partial charge in [0.05, 0.1) is 11.3 Å². The van der Waals surface area contributed by atoms with E-state index >= 15 is 0 Å². The number of aromatic nitrogens is 1. The Labute approximate surface area is 91.4 Å². The van der Waals surface area contributed by atoms with Gasteiger partial charge in [0.1, 0.15) is 0 Å². The summed E-state index contributed by atoms with van der Waals surface area (Å²) in [5.74, 6) is -0.951. The largest absolute Gasteiger partial charge is 0.286 e. The van der Waals surface area contributed by atoms with E-state index in [1.807, 2.05) is 24.3 Å². The Kier molecular flexibility index (Phi) is 1.74. The summed E-state index contributed by atoms with van der Waals surface area (Å²) in [6, 6.07) is 7.43. The van der Waals surface area contributed by atoms with Crippen molar-refractivity contribution in [2.24, 2.45) is 0 Å². The van der Waals surface area contributed by atoms with E-state index in [2.05, 4.69) is 4.98 Å². The van der Waals surface area contributed by atoms with Gasteiger partial charge in [-0.1, -0.05) is 24.3 Å². The molecule has 76 valence electrons. The van der Waals surface area contributed by atoms with Crippen molar-refractivity contribution < 1.29 is 9.59 Å². The molecule has 3 nitrogen and oxygen atoms in total. The molecule has 0 fully saturated rings. The SMILES string of the molecule is O=C1C=Cc2ncc3ccccc3c2C1=O. The zero-order valence-corrected chi connectivity index (χ0v) is 8.31. The van der Waals surface area contributed by atoms with Crippen LogP contribution in [0.5, 0.6) is 0 Å². The molecule has 2 aromatic rings. The number of Topliss-reactive ketones (excluding diaryl/α,β-unsaturated/α-hetero) is 1. The van der Waals surface area contributed by atoms with E-state index in [0.29, 0.717) is 11.3 Å². The fourth-order valence-electron chi connectivity index (χ4n) is 1.90. The van der Waals surface area contributed by atoms with Crippen LogP contribution >= 0.6 is 0 Å². The Hall–Kier alpha value is -2.29. The fourth-order valence-corrected chi connectivity index (χ4v) is 1.90. The second kappa shape index (κ2) is 3.10. The molecule has 16 heavy (non-hydrogen) atoms. The second-order valence-electron chi connectivity index (χ2n) is 3.63. The molecule has 3 rings (SSSR count). The number of pyridine rings is 1. The fraction of sp³-hybridized carbons (Fsp3) is 0. The molecule has 0 saturated carbocycles. The average molecular weight is 209 g/mol. The predicted octanol–water partition coefficient (Wildman–Crippen LogP) is 2.01. The first kappa shape index (κ1) is 8.97. The van der Waals surface area contributed by atoms with Crippen LogP contribution in [0.1, 0.15) is 16.1 Å². The van der Waals surface area contributed by atoms with Crippen LogP contribution in [-0.4, -0.2) is 16.6 Å². The van der Waals surface area contributed by atoms with Crippen molar-refractivity contribution in [3.63, 3.8) is 0 Å². The highest BCUT2D eigenvalue weighted by molar-refractivity contribution is 6.51. The second-order valence-corrected chi connectivity index (χ2v) is 3.63. The Morgan fingerprint density at radius 3 is 2.69 bits per heavy atom. The van der Waals surface area contributed by atoms with Gasteiger partial charge in [-0.05, 0) is 17.5 Å². The van der Waals surface area contributed by atoms with Crippen molar-refractivity contribution in [1.82, 2.24) is 4.98 Å². The number of carbonyl (C=O) groups is 2. The number of hydrogen-bond donors (Lipinski definition) is 0. The highest BCUT2D eigenvalue weighted by atomic mass is 16.2. The summed E-state index contributed by atoms with van der Waals surface area (Å²) in [7, 11) is 0. The summed E-state index contributed by atoms with van der Waals surface area (Å²) < 4.78 is 0. The lowest BCUT2D eigenvalue weighted by Gasteiger charge is -2.10. The summed E-state index contributed by atoms with van der Waals surface area (Å²) in [5, 5.41) is 1.66. The summed E-state index contributed by atoms with van der Waals surface area (Å²) in [4.78, 5) is 27.3. The lowest BCUT2D eigenvalue weighted by Crippen LogP contribution is -2.17. The van der Waals surface area contributed by atoms with Gasteiger partial charge < -0.3 is 0 Å². The molecule has 0 unspecified atom stereocenters. The third-order valence-electron chi connectivity index (χ3n) is 2.67. The van der Waals surface area contributed by atoms with Crippen LogP contribution in [0, 0.1) is 0 Å². The maximum atomic E-state index is 11.8. The molecule has 0 N–H and O–H groups in total. The van der Waals surface area contributed by atoms with Gasteiger partial charge in [0.15, 0.2) is 0 Å². The van der Waals surface area contributed by atoms with Crippen LogP contribution in [0.15, 0.2) is 36.5 Å².